The Morgan fingerprint density at radius 3 is 2.63 bits per heavy atom. The summed E-state index contributed by atoms with van der Waals surface area (Å²) >= 11 is 0. The summed E-state index contributed by atoms with van der Waals surface area (Å²) in [5.74, 6) is -0.264. The lowest BCUT2D eigenvalue weighted by Crippen LogP contribution is -2.07. The van der Waals surface area contributed by atoms with E-state index in [0.717, 1.165) is 0 Å². The molecule has 0 bridgehead atoms. The van der Waals surface area contributed by atoms with Gasteiger partial charge < -0.3 is 19.3 Å². The Morgan fingerprint density at radius 1 is 1.21 bits per heavy atom. The highest BCUT2D eigenvalue weighted by Gasteiger charge is 2.07. The standard InChI is InChI=1S/C14H21FO4/c1-11(16)12-4-5-14(13(15)10-12)19-7-3-6-18-9-8-17-2/h4-5,10-11,16H,3,6-9H2,1-2H3/t11-/m1/s1. The van der Waals surface area contributed by atoms with Gasteiger partial charge in [-0.3, -0.25) is 0 Å². The summed E-state index contributed by atoms with van der Waals surface area (Å²) in [6, 6.07) is 4.47. The molecule has 0 fully saturated rings. The molecule has 0 aliphatic heterocycles. The summed E-state index contributed by atoms with van der Waals surface area (Å²) in [6.45, 7) is 3.64. The molecule has 5 heteroatoms. The number of aliphatic hydroxyl groups excluding tert-OH is 1. The Labute approximate surface area is 113 Å². The van der Waals surface area contributed by atoms with Crippen LogP contribution in [0.15, 0.2) is 18.2 Å². The Balaban J connectivity index is 2.26. The molecule has 0 heterocycles. The second kappa shape index (κ2) is 8.85. The summed E-state index contributed by atoms with van der Waals surface area (Å²) in [4.78, 5) is 0. The minimum absolute atomic E-state index is 0.196. The van der Waals surface area contributed by atoms with Crippen LogP contribution >= 0.6 is 0 Å². The molecule has 1 atom stereocenters. The lowest BCUT2D eigenvalue weighted by molar-refractivity contribution is 0.0642. The molecule has 0 amide bonds. The Hall–Kier alpha value is -1.17. The lowest BCUT2D eigenvalue weighted by Gasteiger charge is -2.10. The Kier molecular flexibility index (Phi) is 7.40. The van der Waals surface area contributed by atoms with Crippen molar-refractivity contribution in [2.24, 2.45) is 0 Å². The summed E-state index contributed by atoms with van der Waals surface area (Å²) in [7, 11) is 1.62. The molecule has 1 aromatic carbocycles. The number of hydrogen-bond acceptors (Lipinski definition) is 4. The first-order chi connectivity index (χ1) is 9.15. The fourth-order valence-electron chi connectivity index (χ4n) is 1.48. The van der Waals surface area contributed by atoms with Crippen LogP contribution in [-0.4, -0.2) is 38.6 Å². The summed E-state index contributed by atoms with van der Waals surface area (Å²) in [5, 5.41) is 9.32. The van der Waals surface area contributed by atoms with Gasteiger partial charge in [-0.2, -0.15) is 0 Å². The van der Waals surface area contributed by atoms with Crippen LogP contribution in [0, 0.1) is 5.82 Å². The molecule has 0 aliphatic rings. The third kappa shape index (κ3) is 6.00. The molecule has 19 heavy (non-hydrogen) atoms. The van der Waals surface area contributed by atoms with Gasteiger partial charge in [0, 0.05) is 20.1 Å². The van der Waals surface area contributed by atoms with Gasteiger partial charge >= 0.3 is 0 Å². The van der Waals surface area contributed by atoms with Crippen molar-refractivity contribution in [3.8, 4) is 5.75 Å². The maximum atomic E-state index is 13.6. The number of ether oxygens (including phenoxy) is 3. The Bertz CT molecular complexity index is 368. The van der Waals surface area contributed by atoms with E-state index in [-0.39, 0.29) is 5.75 Å². The SMILES string of the molecule is COCCOCCCOc1ccc([C@@H](C)O)cc1F. The average Bonchev–Trinajstić information content (AvgIpc) is 2.39. The van der Waals surface area contributed by atoms with Crippen molar-refractivity contribution >= 4 is 0 Å². The predicted octanol–water partition coefficient (Wildman–Crippen LogP) is 2.31. The second-order valence-electron chi connectivity index (χ2n) is 4.17. The zero-order valence-corrected chi connectivity index (χ0v) is 11.4. The van der Waals surface area contributed by atoms with Gasteiger partial charge in [0.1, 0.15) is 0 Å². The van der Waals surface area contributed by atoms with E-state index in [1.807, 2.05) is 0 Å². The van der Waals surface area contributed by atoms with Gasteiger partial charge in [-0.05, 0) is 24.6 Å². The van der Waals surface area contributed by atoms with Crippen LogP contribution in [0.3, 0.4) is 0 Å². The van der Waals surface area contributed by atoms with Crippen LogP contribution in [-0.2, 0) is 9.47 Å². The van der Waals surface area contributed by atoms with Crippen molar-refractivity contribution in [1.29, 1.82) is 0 Å². The van der Waals surface area contributed by atoms with Crippen LogP contribution < -0.4 is 4.74 Å². The molecule has 1 rings (SSSR count). The summed E-state index contributed by atoms with van der Waals surface area (Å²) in [6.07, 6.45) is -0.000800. The predicted molar refractivity (Wildman–Crippen MR) is 69.8 cm³/mol. The highest BCUT2D eigenvalue weighted by molar-refractivity contribution is 5.30. The topological polar surface area (TPSA) is 47.9 Å². The maximum absolute atomic E-state index is 13.6. The van der Waals surface area contributed by atoms with E-state index in [9.17, 15) is 9.50 Å². The van der Waals surface area contributed by atoms with Crippen molar-refractivity contribution in [1.82, 2.24) is 0 Å². The Morgan fingerprint density at radius 2 is 2.00 bits per heavy atom. The van der Waals surface area contributed by atoms with E-state index in [2.05, 4.69) is 0 Å². The van der Waals surface area contributed by atoms with E-state index in [4.69, 9.17) is 14.2 Å². The molecule has 0 aromatic heterocycles. The van der Waals surface area contributed by atoms with Gasteiger partial charge in [0.25, 0.3) is 0 Å². The molecule has 4 nitrogen and oxygen atoms in total. The number of methoxy groups -OCH3 is 1. The molecule has 0 saturated carbocycles. The quantitative estimate of drug-likeness (QED) is 0.701. The molecular weight excluding hydrogens is 251 g/mol. The number of benzene rings is 1. The minimum Gasteiger partial charge on any atom is -0.490 e. The van der Waals surface area contributed by atoms with Crippen LogP contribution in [0.5, 0.6) is 5.75 Å². The van der Waals surface area contributed by atoms with Crippen LogP contribution in [0.2, 0.25) is 0 Å². The van der Waals surface area contributed by atoms with Crippen molar-refractivity contribution in [2.75, 3.05) is 33.5 Å². The molecule has 0 saturated heterocycles. The van der Waals surface area contributed by atoms with Crippen molar-refractivity contribution in [3.63, 3.8) is 0 Å². The first kappa shape index (κ1) is 15.9. The zero-order valence-electron chi connectivity index (χ0n) is 11.4. The zero-order chi connectivity index (χ0) is 14.1. The van der Waals surface area contributed by atoms with E-state index < -0.39 is 11.9 Å². The highest BCUT2D eigenvalue weighted by atomic mass is 19.1. The van der Waals surface area contributed by atoms with Crippen LogP contribution in [0.25, 0.3) is 0 Å². The van der Waals surface area contributed by atoms with E-state index >= 15 is 0 Å². The van der Waals surface area contributed by atoms with Crippen LogP contribution in [0.1, 0.15) is 25.0 Å². The maximum Gasteiger partial charge on any atom is 0.165 e. The molecule has 1 N–H and O–H groups in total. The molecule has 108 valence electrons. The van der Waals surface area contributed by atoms with Gasteiger partial charge in [-0.25, -0.2) is 4.39 Å². The highest BCUT2D eigenvalue weighted by Crippen LogP contribution is 2.21. The van der Waals surface area contributed by atoms with Crippen molar-refractivity contribution in [2.45, 2.75) is 19.4 Å². The number of aliphatic hydroxyl groups is 1. The first-order valence-corrected chi connectivity index (χ1v) is 6.32. The van der Waals surface area contributed by atoms with Gasteiger partial charge in [0.2, 0.25) is 0 Å². The first-order valence-electron chi connectivity index (χ1n) is 6.32. The molecular formula is C14H21FO4. The molecule has 0 aliphatic carbocycles. The van der Waals surface area contributed by atoms with E-state index in [0.29, 0.717) is 38.4 Å². The van der Waals surface area contributed by atoms with Crippen molar-refractivity contribution < 1.29 is 23.7 Å². The summed E-state index contributed by atoms with van der Waals surface area (Å²) < 4.78 is 29.0. The second-order valence-corrected chi connectivity index (χ2v) is 4.17. The fourth-order valence-corrected chi connectivity index (χ4v) is 1.48. The molecule has 1 aromatic rings. The minimum atomic E-state index is -0.683. The van der Waals surface area contributed by atoms with Gasteiger partial charge in [-0.1, -0.05) is 6.07 Å². The number of hydrogen-bond donors (Lipinski definition) is 1. The normalized spacial score (nSPS) is 12.4. The van der Waals surface area contributed by atoms with E-state index in [1.165, 1.54) is 12.1 Å². The molecule has 0 unspecified atom stereocenters. The largest absolute Gasteiger partial charge is 0.490 e. The smallest absolute Gasteiger partial charge is 0.165 e. The molecule has 0 radical (unpaired) electrons. The third-order valence-electron chi connectivity index (χ3n) is 2.56. The summed E-state index contributed by atoms with van der Waals surface area (Å²) in [5.41, 5.74) is 0.535. The average molecular weight is 272 g/mol. The monoisotopic (exact) mass is 272 g/mol. The fraction of sp³-hybridized carbons (Fsp3) is 0.571. The van der Waals surface area contributed by atoms with Crippen molar-refractivity contribution in [3.05, 3.63) is 29.6 Å². The van der Waals surface area contributed by atoms with Gasteiger partial charge in [0.05, 0.1) is 25.9 Å². The van der Waals surface area contributed by atoms with Gasteiger partial charge in [-0.15, -0.1) is 0 Å². The van der Waals surface area contributed by atoms with Gasteiger partial charge in [0.15, 0.2) is 11.6 Å². The molecule has 0 spiro atoms. The number of halogens is 1. The number of rotatable bonds is 9. The van der Waals surface area contributed by atoms with E-state index in [1.54, 1.807) is 20.1 Å². The lowest BCUT2D eigenvalue weighted by atomic mass is 10.1. The van der Waals surface area contributed by atoms with Crippen LogP contribution in [0.4, 0.5) is 4.39 Å². The third-order valence-corrected chi connectivity index (χ3v) is 2.56.